The van der Waals surface area contributed by atoms with Crippen molar-refractivity contribution in [2.75, 3.05) is 0 Å². The molecule has 4 aromatic heterocycles. The van der Waals surface area contributed by atoms with Crippen molar-refractivity contribution >= 4 is 28.5 Å². The Morgan fingerprint density at radius 1 is 1.15 bits per heavy atom. The van der Waals surface area contributed by atoms with E-state index in [0.29, 0.717) is 5.69 Å². The number of hydrogen-bond acceptors (Lipinski definition) is 8. The molecule has 0 amide bonds. The molecule has 0 radical (unpaired) electrons. The largest absolute Gasteiger partial charge is 0.297 e. The van der Waals surface area contributed by atoms with Gasteiger partial charge in [-0.05, 0) is 26.0 Å². The number of hydrogen-bond donors (Lipinski definition) is 0. The first-order valence-corrected chi connectivity index (χ1v) is 10.00. The van der Waals surface area contributed by atoms with Gasteiger partial charge in [0.25, 0.3) is 0 Å². The minimum absolute atomic E-state index is 0.0329. The Balaban J connectivity index is 1.42. The molecule has 0 aliphatic heterocycles. The molecule has 9 heteroatoms. The van der Waals surface area contributed by atoms with Crippen LogP contribution in [0.15, 0.2) is 36.0 Å². The average molecular weight is 397 g/mol. The molecule has 4 heterocycles. The van der Waals surface area contributed by atoms with Crippen LogP contribution in [0.2, 0.25) is 0 Å². The molecule has 0 aromatic carbocycles. The van der Waals surface area contributed by atoms with Crippen LogP contribution >= 0.6 is 22.7 Å². The van der Waals surface area contributed by atoms with Crippen LogP contribution in [0.5, 0.6) is 0 Å². The lowest BCUT2D eigenvalue weighted by molar-refractivity contribution is -0.119. The smallest absolute Gasteiger partial charge is 0.161 e. The van der Waals surface area contributed by atoms with Crippen molar-refractivity contribution in [1.82, 2.24) is 29.9 Å². The zero-order valence-corrected chi connectivity index (χ0v) is 16.4. The molecule has 7 nitrogen and oxygen atoms in total. The summed E-state index contributed by atoms with van der Waals surface area (Å²) in [4.78, 5) is 26.7. The summed E-state index contributed by atoms with van der Waals surface area (Å²) in [5.41, 5.74) is 3.25. The van der Waals surface area contributed by atoms with Crippen LogP contribution in [0.1, 0.15) is 15.7 Å². The molecule has 0 N–H and O–H groups in total. The zero-order valence-electron chi connectivity index (χ0n) is 14.8. The van der Waals surface area contributed by atoms with Crippen molar-refractivity contribution in [1.29, 1.82) is 0 Å². The standard InChI is InChI=1S/C18H16N6OS2/c1-11-18(27-12(2)20-11)16-10-26-17(21-16)7-13(25)8-24-9-15(22-23-24)14-5-3-4-6-19-14/h3-6,9-10H,7-8H2,1-2H3. The molecular formula is C18H16N6OS2. The lowest BCUT2D eigenvalue weighted by Crippen LogP contribution is -2.13. The fraction of sp³-hybridized carbons (Fsp3) is 0.222. The van der Waals surface area contributed by atoms with Gasteiger partial charge in [-0.2, -0.15) is 0 Å². The van der Waals surface area contributed by atoms with Crippen LogP contribution < -0.4 is 0 Å². The van der Waals surface area contributed by atoms with Crippen LogP contribution in [-0.4, -0.2) is 35.7 Å². The van der Waals surface area contributed by atoms with Gasteiger partial charge in [-0.15, -0.1) is 27.8 Å². The van der Waals surface area contributed by atoms with Gasteiger partial charge in [0.2, 0.25) is 0 Å². The zero-order chi connectivity index (χ0) is 18.8. The molecule has 0 aliphatic carbocycles. The third kappa shape index (κ3) is 3.99. The van der Waals surface area contributed by atoms with Crippen LogP contribution in [0.25, 0.3) is 22.0 Å². The number of ketones is 1. The molecule has 0 spiro atoms. The van der Waals surface area contributed by atoms with Gasteiger partial charge in [-0.25, -0.2) is 14.6 Å². The van der Waals surface area contributed by atoms with Crippen LogP contribution in [0, 0.1) is 13.8 Å². The van der Waals surface area contributed by atoms with E-state index in [1.54, 1.807) is 23.7 Å². The third-order valence-electron chi connectivity index (χ3n) is 3.84. The maximum absolute atomic E-state index is 12.4. The summed E-state index contributed by atoms with van der Waals surface area (Å²) in [6, 6.07) is 5.59. The molecule has 0 aliphatic rings. The summed E-state index contributed by atoms with van der Waals surface area (Å²) in [5.74, 6) is 0.0329. The van der Waals surface area contributed by atoms with Gasteiger partial charge >= 0.3 is 0 Å². The molecule has 0 bridgehead atoms. The fourth-order valence-electron chi connectivity index (χ4n) is 2.68. The predicted molar refractivity (Wildman–Crippen MR) is 105 cm³/mol. The summed E-state index contributed by atoms with van der Waals surface area (Å²) in [6.07, 6.45) is 3.71. The van der Waals surface area contributed by atoms with Crippen molar-refractivity contribution in [2.45, 2.75) is 26.8 Å². The van der Waals surface area contributed by atoms with Crippen molar-refractivity contribution in [2.24, 2.45) is 0 Å². The molecule has 0 saturated carbocycles. The minimum Gasteiger partial charge on any atom is -0.297 e. The van der Waals surface area contributed by atoms with Crippen LogP contribution in [0.4, 0.5) is 0 Å². The topological polar surface area (TPSA) is 86.5 Å². The third-order valence-corrected chi connectivity index (χ3v) is 5.78. The number of aromatic nitrogens is 6. The van der Waals surface area contributed by atoms with Gasteiger partial charge in [0.1, 0.15) is 17.2 Å². The monoisotopic (exact) mass is 396 g/mol. The van der Waals surface area contributed by atoms with Gasteiger partial charge in [0.15, 0.2) is 5.78 Å². The van der Waals surface area contributed by atoms with Crippen LogP contribution in [0.3, 0.4) is 0 Å². The fourth-order valence-corrected chi connectivity index (χ4v) is 4.45. The summed E-state index contributed by atoms with van der Waals surface area (Å²) < 4.78 is 1.54. The molecule has 136 valence electrons. The first-order chi connectivity index (χ1) is 13.1. The SMILES string of the molecule is Cc1nc(C)c(-c2csc(CC(=O)Cn3cc(-c4ccccn4)nn3)n2)s1. The average Bonchev–Trinajstić information content (AvgIpc) is 3.36. The number of rotatable bonds is 6. The van der Waals surface area contributed by atoms with E-state index >= 15 is 0 Å². The van der Waals surface area contributed by atoms with E-state index in [4.69, 9.17) is 0 Å². The normalized spacial score (nSPS) is 11.0. The molecule has 0 saturated heterocycles. The van der Waals surface area contributed by atoms with E-state index in [9.17, 15) is 4.79 Å². The molecule has 0 unspecified atom stereocenters. The number of carbonyl (C=O) groups excluding carboxylic acids is 1. The van der Waals surface area contributed by atoms with Crippen molar-refractivity contribution in [3.8, 4) is 22.0 Å². The van der Waals surface area contributed by atoms with Gasteiger partial charge in [0, 0.05) is 11.6 Å². The Morgan fingerprint density at radius 3 is 2.78 bits per heavy atom. The highest BCUT2D eigenvalue weighted by atomic mass is 32.1. The highest BCUT2D eigenvalue weighted by Gasteiger charge is 2.14. The maximum atomic E-state index is 12.4. The number of thiazole rings is 2. The van der Waals surface area contributed by atoms with E-state index < -0.39 is 0 Å². The Labute approximate surface area is 163 Å². The molecule has 0 atom stereocenters. The Morgan fingerprint density at radius 2 is 2.04 bits per heavy atom. The Bertz CT molecular complexity index is 1080. The Kier molecular flexibility index (Phi) is 4.87. The number of aryl methyl sites for hydroxylation is 2. The molecule has 27 heavy (non-hydrogen) atoms. The number of nitrogens with zero attached hydrogens (tertiary/aromatic N) is 6. The van der Waals surface area contributed by atoms with Crippen molar-refractivity contribution < 1.29 is 4.79 Å². The molecule has 0 fully saturated rings. The quantitative estimate of drug-likeness (QED) is 0.497. The van der Waals surface area contributed by atoms with Crippen molar-refractivity contribution in [3.63, 3.8) is 0 Å². The van der Waals surface area contributed by atoms with Gasteiger partial charge in [-0.1, -0.05) is 11.3 Å². The summed E-state index contributed by atoms with van der Waals surface area (Å²) in [5, 5.41) is 11.9. The number of pyridine rings is 1. The highest BCUT2D eigenvalue weighted by molar-refractivity contribution is 7.16. The lowest BCUT2D eigenvalue weighted by Gasteiger charge is -1.98. The van der Waals surface area contributed by atoms with Crippen molar-refractivity contribution in [3.05, 3.63) is 51.7 Å². The molecule has 4 aromatic rings. The van der Waals surface area contributed by atoms with E-state index in [1.807, 2.05) is 37.4 Å². The summed E-state index contributed by atoms with van der Waals surface area (Å²) in [7, 11) is 0. The number of carbonyl (C=O) groups is 1. The van der Waals surface area contributed by atoms with Crippen LogP contribution in [-0.2, 0) is 17.8 Å². The number of Topliss-reactive ketones (excluding diaryl/α,β-unsaturated/α-hetero) is 1. The molecular weight excluding hydrogens is 380 g/mol. The predicted octanol–water partition coefficient (Wildman–Crippen LogP) is 3.35. The summed E-state index contributed by atoms with van der Waals surface area (Å²) in [6.45, 7) is 4.12. The van der Waals surface area contributed by atoms with Gasteiger partial charge in [0.05, 0.1) is 39.6 Å². The lowest BCUT2D eigenvalue weighted by atomic mass is 10.3. The highest BCUT2D eigenvalue weighted by Crippen LogP contribution is 2.30. The van der Waals surface area contributed by atoms with Gasteiger partial charge in [-0.3, -0.25) is 9.78 Å². The second kappa shape index (κ2) is 7.45. The minimum atomic E-state index is 0.0329. The second-order valence-corrected chi connectivity index (χ2v) is 8.15. The molecule has 4 rings (SSSR count). The Hall–Kier alpha value is -2.78. The summed E-state index contributed by atoms with van der Waals surface area (Å²) >= 11 is 3.12. The first-order valence-electron chi connectivity index (χ1n) is 8.30. The van der Waals surface area contributed by atoms with E-state index in [0.717, 1.165) is 32.0 Å². The van der Waals surface area contributed by atoms with Gasteiger partial charge < -0.3 is 0 Å². The van der Waals surface area contributed by atoms with E-state index in [-0.39, 0.29) is 18.7 Å². The van der Waals surface area contributed by atoms with E-state index in [2.05, 4.69) is 25.3 Å². The first kappa shape index (κ1) is 17.6. The second-order valence-electron chi connectivity index (χ2n) is 6.01. The van der Waals surface area contributed by atoms with E-state index in [1.165, 1.54) is 16.0 Å². The maximum Gasteiger partial charge on any atom is 0.161 e.